The fraction of sp³-hybridized carbons (Fsp3) is 0.227. The van der Waals surface area contributed by atoms with Gasteiger partial charge in [-0.2, -0.15) is 0 Å². The van der Waals surface area contributed by atoms with Crippen molar-refractivity contribution in [1.82, 2.24) is 5.32 Å². The summed E-state index contributed by atoms with van der Waals surface area (Å²) in [6, 6.07) is 21.2. The highest BCUT2D eigenvalue weighted by Gasteiger charge is 2.18. The minimum Gasteiger partial charge on any atom is -0.492 e. The van der Waals surface area contributed by atoms with Crippen LogP contribution < -0.4 is 14.8 Å². The highest BCUT2D eigenvalue weighted by molar-refractivity contribution is 6.32. The Kier molecular flexibility index (Phi) is 6.55. The zero-order chi connectivity index (χ0) is 19.1. The molecule has 0 unspecified atom stereocenters. The van der Waals surface area contributed by atoms with Gasteiger partial charge in [0.15, 0.2) is 6.10 Å². The van der Waals surface area contributed by atoms with Crippen molar-refractivity contribution in [2.45, 2.75) is 19.4 Å². The number of hydrogen-bond acceptors (Lipinski definition) is 3. The zero-order valence-electron chi connectivity index (χ0n) is 15.2. The summed E-state index contributed by atoms with van der Waals surface area (Å²) >= 11 is 6.09. The number of carbonyl (C=O) groups is 1. The SMILES string of the molecule is CC[C@@H](Oc1ccccc1Cl)C(=O)NCCOc1ccc2ccccc2c1. The molecule has 0 aromatic heterocycles. The number of rotatable bonds is 8. The molecule has 3 rings (SSSR count). The van der Waals surface area contributed by atoms with E-state index in [0.717, 1.165) is 11.1 Å². The number of hydrogen-bond donors (Lipinski definition) is 1. The van der Waals surface area contributed by atoms with Crippen LogP contribution >= 0.6 is 11.6 Å². The van der Waals surface area contributed by atoms with Crippen molar-refractivity contribution in [2.75, 3.05) is 13.2 Å². The second kappa shape index (κ2) is 9.28. The number of fused-ring (bicyclic) bond motifs is 1. The highest BCUT2D eigenvalue weighted by Crippen LogP contribution is 2.25. The molecule has 0 heterocycles. The molecule has 0 bridgehead atoms. The van der Waals surface area contributed by atoms with Crippen molar-refractivity contribution in [3.63, 3.8) is 0 Å². The van der Waals surface area contributed by atoms with Crippen LogP contribution in [0.15, 0.2) is 66.7 Å². The number of halogens is 1. The normalized spacial score (nSPS) is 11.8. The first-order valence-electron chi connectivity index (χ1n) is 8.98. The summed E-state index contributed by atoms with van der Waals surface area (Å²) in [5.74, 6) is 1.11. The van der Waals surface area contributed by atoms with Crippen LogP contribution in [-0.4, -0.2) is 25.2 Å². The van der Waals surface area contributed by atoms with Gasteiger partial charge in [-0.25, -0.2) is 0 Å². The topological polar surface area (TPSA) is 47.6 Å². The van der Waals surface area contributed by atoms with Gasteiger partial charge in [-0.3, -0.25) is 4.79 Å². The highest BCUT2D eigenvalue weighted by atomic mass is 35.5. The summed E-state index contributed by atoms with van der Waals surface area (Å²) in [6.45, 7) is 2.67. The molecule has 0 aliphatic carbocycles. The van der Waals surface area contributed by atoms with Crippen LogP contribution in [0, 0.1) is 0 Å². The van der Waals surface area contributed by atoms with Gasteiger partial charge >= 0.3 is 0 Å². The van der Waals surface area contributed by atoms with Crippen LogP contribution in [0.3, 0.4) is 0 Å². The van der Waals surface area contributed by atoms with Gasteiger partial charge in [0.1, 0.15) is 18.1 Å². The Hall–Kier alpha value is -2.72. The maximum atomic E-state index is 12.3. The van der Waals surface area contributed by atoms with Gasteiger partial charge in [-0.1, -0.05) is 61.0 Å². The molecule has 27 heavy (non-hydrogen) atoms. The number of para-hydroxylation sites is 1. The minimum absolute atomic E-state index is 0.181. The molecule has 3 aromatic carbocycles. The number of benzene rings is 3. The van der Waals surface area contributed by atoms with Crippen LogP contribution in [0.4, 0.5) is 0 Å². The van der Waals surface area contributed by atoms with Gasteiger partial charge in [0.05, 0.1) is 11.6 Å². The quantitative estimate of drug-likeness (QED) is 0.566. The third kappa shape index (κ3) is 5.14. The lowest BCUT2D eigenvalue weighted by atomic mass is 10.1. The van der Waals surface area contributed by atoms with E-state index < -0.39 is 6.10 Å². The first-order chi connectivity index (χ1) is 13.2. The van der Waals surface area contributed by atoms with E-state index in [1.807, 2.05) is 55.5 Å². The van der Waals surface area contributed by atoms with E-state index in [1.54, 1.807) is 12.1 Å². The molecule has 0 saturated carbocycles. The molecular formula is C22H22ClNO3. The maximum Gasteiger partial charge on any atom is 0.261 e. The summed E-state index contributed by atoms with van der Waals surface area (Å²) in [5.41, 5.74) is 0. The lowest BCUT2D eigenvalue weighted by molar-refractivity contribution is -0.128. The van der Waals surface area contributed by atoms with Gasteiger partial charge in [-0.05, 0) is 41.5 Å². The Morgan fingerprint density at radius 3 is 2.56 bits per heavy atom. The number of amides is 1. The van der Waals surface area contributed by atoms with E-state index >= 15 is 0 Å². The van der Waals surface area contributed by atoms with Crippen LogP contribution in [-0.2, 0) is 4.79 Å². The predicted molar refractivity (Wildman–Crippen MR) is 109 cm³/mol. The van der Waals surface area contributed by atoms with Crippen molar-refractivity contribution in [3.05, 3.63) is 71.8 Å². The molecule has 4 nitrogen and oxygen atoms in total. The fourth-order valence-corrected chi connectivity index (χ4v) is 2.91. The number of nitrogens with one attached hydrogen (secondary N) is 1. The van der Waals surface area contributed by atoms with Crippen LogP contribution in [0.5, 0.6) is 11.5 Å². The average molecular weight is 384 g/mol. The third-order valence-corrected chi connectivity index (χ3v) is 4.47. The minimum atomic E-state index is -0.592. The molecule has 5 heteroatoms. The molecular weight excluding hydrogens is 362 g/mol. The molecule has 0 aliphatic heterocycles. The third-order valence-electron chi connectivity index (χ3n) is 4.16. The summed E-state index contributed by atoms with van der Waals surface area (Å²) < 4.78 is 11.5. The fourth-order valence-electron chi connectivity index (χ4n) is 2.73. The Balaban J connectivity index is 1.48. The van der Waals surface area contributed by atoms with Gasteiger partial charge in [-0.15, -0.1) is 0 Å². The molecule has 1 N–H and O–H groups in total. The summed E-state index contributed by atoms with van der Waals surface area (Å²) in [5, 5.41) is 5.63. The molecule has 0 spiro atoms. The van der Waals surface area contributed by atoms with Crippen LogP contribution in [0.1, 0.15) is 13.3 Å². The summed E-state index contributed by atoms with van der Waals surface area (Å²) in [7, 11) is 0. The summed E-state index contributed by atoms with van der Waals surface area (Å²) in [6.07, 6.45) is -0.0478. The zero-order valence-corrected chi connectivity index (χ0v) is 15.9. The van der Waals surface area contributed by atoms with Crippen LogP contribution in [0.25, 0.3) is 10.8 Å². The number of carbonyl (C=O) groups excluding carboxylic acids is 1. The monoisotopic (exact) mass is 383 g/mol. The van der Waals surface area contributed by atoms with Gasteiger partial charge < -0.3 is 14.8 Å². The van der Waals surface area contributed by atoms with E-state index in [-0.39, 0.29) is 5.91 Å². The Morgan fingerprint density at radius 2 is 1.78 bits per heavy atom. The molecule has 140 valence electrons. The molecule has 0 saturated heterocycles. The standard InChI is InChI=1S/C22H22ClNO3/c1-2-20(27-21-10-6-5-9-19(21)23)22(25)24-13-14-26-18-12-11-16-7-3-4-8-17(16)15-18/h3-12,15,20H,2,13-14H2,1H3,(H,24,25)/t20-/m1/s1. The lowest BCUT2D eigenvalue weighted by Crippen LogP contribution is -2.39. The van der Waals surface area contributed by atoms with Crippen LogP contribution in [0.2, 0.25) is 5.02 Å². The second-order valence-electron chi connectivity index (χ2n) is 6.09. The maximum absolute atomic E-state index is 12.3. The Morgan fingerprint density at radius 1 is 1.04 bits per heavy atom. The predicted octanol–water partition coefficient (Wildman–Crippen LogP) is 4.85. The van der Waals surface area contributed by atoms with Crippen molar-refractivity contribution in [3.8, 4) is 11.5 Å². The molecule has 1 amide bonds. The Labute approximate surface area is 164 Å². The van der Waals surface area contributed by atoms with E-state index in [0.29, 0.717) is 30.3 Å². The molecule has 0 radical (unpaired) electrons. The van der Waals surface area contributed by atoms with Gasteiger partial charge in [0.2, 0.25) is 0 Å². The van der Waals surface area contributed by atoms with E-state index in [1.165, 1.54) is 5.39 Å². The first kappa shape index (κ1) is 19.1. The smallest absolute Gasteiger partial charge is 0.261 e. The summed E-state index contributed by atoms with van der Waals surface area (Å²) in [4.78, 5) is 12.3. The van der Waals surface area contributed by atoms with Gasteiger partial charge in [0, 0.05) is 0 Å². The van der Waals surface area contributed by atoms with Crippen molar-refractivity contribution >= 4 is 28.3 Å². The largest absolute Gasteiger partial charge is 0.492 e. The number of ether oxygens (including phenoxy) is 2. The average Bonchev–Trinajstić information content (AvgIpc) is 2.70. The second-order valence-corrected chi connectivity index (χ2v) is 6.50. The van der Waals surface area contributed by atoms with Crippen molar-refractivity contribution < 1.29 is 14.3 Å². The molecule has 0 aliphatic rings. The molecule has 1 atom stereocenters. The van der Waals surface area contributed by atoms with Crippen molar-refractivity contribution in [2.24, 2.45) is 0 Å². The Bertz CT molecular complexity index is 913. The van der Waals surface area contributed by atoms with E-state index in [9.17, 15) is 4.79 Å². The lowest BCUT2D eigenvalue weighted by Gasteiger charge is -2.18. The van der Waals surface area contributed by atoms with Gasteiger partial charge in [0.25, 0.3) is 5.91 Å². The molecule has 0 fully saturated rings. The first-order valence-corrected chi connectivity index (χ1v) is 9.35. The van der Waals surface area contributed by atoms with Crippen molar-refractivity contribution in [1.29, 1.82) is 0 Å². The van der Waals surface area contributed by atoms with E-state index in [4.69, 9.17) is 21.1 Å². The molecule has 3 aromatic rings. The van der Waals surface area contributed by atoms with E-state index in [2.05, 4.69) is 11.4 Å².